The van der Waals surface area contributed by atoms with Gasteiger partial charge in [0, 0.05) is 12.1 Å². The number of hydrogen-bond acceptors (Lipinski definition) is 8. The van der Waals surface area contributed by atoms with Crippen molar-refractivity contribution in [2.45, 2.75) is 47.0 Å². The number of halogens is 1. The molecular formula is C27H39FN6O5S. The second-order valence-electron chi connectivity index (χ2n) is 11.6. The fourth-order valence-electron chi connectivity index (χ4n) is 3.42. The molecule has 0 saturated heterocycles. The summed E-state index contributed by atoms with van der Waals surface area (Å²) in [5.74, 6) is 4.07. The maximum Gasteiger partial charge on any atom is 0.268 e. The van der Waals surface area contributed by atoms with Crippen LogP contribution in [0.1, 0.15) is 57.5 Å². The SMILES string of the molecule is COc1c(NC(=O)c2ccc(F)c(N(N)/C=C(\N)C(=O)NCC(C)(C)C)c2)cc(C(C)(C)C)cc1NS(C)(=O)=O. The van der Waals surface area contributed by atoms with Gasteiger partial charge in [-0.1, -0.05) is 41.5 Å². The molecule has 220 valence electrons. The number of amides is 2. The van der Waals surface area contributed by atoms with Crippen molar-refractivity contribution in [3.63, 3.8) is 0 Å². The lowest BCUT2D eigenvalue weighted by Crippen LogP contribution is -2.37. The summed E-state index contributed by atoms with van der Waals surface area (Å²) in [6.07, 6.45) is 2.06. The van der Waals surface area contributed by atoms with Gasteiger partial charge in [0.25, 0.3) is 11.8 Å². The Labute approximate surface area is 235 Å². The van der Waals surface area contributed by atoms with Crippen LogP contribution < -0.4 is 36.7 Å². The smallest absolute Gasteiger partial charge is 0.268 e. The second kappa shape index (κ2) is 12.1. The maximum atomic E-state index is 14.7. The van der Waals surface area contributed by atoms with Gasteiger partial charge in [-0.25, -0.2) is 18.7 Å². The third-order valence-electron chi connectivity index (χ3n) is 5.51. The number of nitrogens with one attached hydrogen (secondary N) is 3. The minimum absolute atomic E-state index is 0.0249. The number of hydrazine groups is 1. The lowest BCUT2D eigenvalue weighted by molar-refractivity contribution is -0.118. The van der Waals surface area contributed by atoms with Crippen molar-refractivity contribution < 1.29 is 27.1 Å². The summed E-state index contributed by atoms with van der Waals surface area (Å²) in [7, 11) is -2.33. The number of nitrogens with zero attached hydrogens (tertiary/aromatic N) is 1. The molecule has 0 atom stereocenters. The number of sulfonamides is 1. The highest BCUT2D eigenvalue weighted by molar-refractivity contribution is 7.92. The number of methoxy groups -OCH3 is 1. The van der Waals surface area contributed by atoms with Crippen LogP contribution in [0.3, 0.4) is 0 Å². The van der Waals surface area contributed by atoms with Gasteiger partial charge < -0.3 is 21.1 Å². The van der Waals surface area contributed by atoms with E-state index in [0.717, 1.165) is 23.5 Å². The van der Waals surface area contributed by atoms with Crippen molar-refractivity contribution >= 4 is 38.9 Å². The van der Waals surface area contributed by atoms with Gasteiger partial charge >= 0.3 is 0 Å². The molecular weight excluding hydrogens is 539 g/mol. The normalized spacial score (nSPS) is 12.5. The second-order valence-corrected chi connectivity index (χ2v) is 13.3. The zero-order valence-corrected chi connectivity index (χ0v) is 24.9. The monoisotopic (exact) mass is 578 g/mol. The first-order chi connectivity index (χ1) is 18.2. The number of nitrogens with two attached hydrogens (primary N) is 2. The van der Waals surface area contributed by atoms with Crippen molar-refractivity contribution in [2.24, 2.45) is 17.0 Å². The van der Waals surface area contributed by atoms with Crippen molar-refractivity contribution in [3.05, 3.63) is 59.2 Å². The summed E-state index contributed by atoms with van der Waals surface area (Å²) in [6.45, 7) is 11.9. The van der Waals surface area contributed by atoms with E-state index < -0.39 is 33.1 Å². The van der Waals surface area contributed by atoms with E-state index in [2.05, 4.69) is 15.4 Å². The molecule has 0 fully saturated rings. The van der Waals surface area contributed by atoms with E-state index in [9.17, 15) is 22.4 Å². The molecule has 0 unspecified atom stereocenters. The number of hydrogen-bond donors (Lipinski definition) is 5. The molecule has 0 aliphatic heterocycles. The molecule has 0 spiro atoms. The molecule has 2 aromatic carbocycles. The summed E-state index contributed by atoms with van der Waals surface area (Å²) >= 11 is 0. The Morgan fingerprint density at radius 2 is 1.68 bits per heavy atom. The molecule has 0 heterocycles. The molecule has 0 aliphatic carbocycles. The molecule has 0 aromatic heterocycles. The molecule has 2 amide bonds. The highest BCUT2D eigenvalue weighted by Crippen LogP contribution is 2.39. The Balaban J connectivity index is 2.43. The number of ether oxygens (including phenoxy) is 1. The van der Waals surface area contributed by atoms with E-state index in [1.165, 1.54) is 19.2 Å². The van der Waals surface area contributed by atoms with Crippen LogP contribution in [0.25, 0.3) is 0 Å². The van der Waals surface area contributed by atoms with Gasteiger partial charge in [-0.3, -0.25) is 19.3 Å². The minimum atomic E-state index is -3.66. The van der Waals surface area contributed by atoms with Crippen LogP contribution in [-0.4, -0.2) is 40.1 Å². The Hall–Kier alpha value is -3.84. The van der Waals surface area contributed by atoms with Crippen LogP contribution in [0.15, 0.2) is 42.2 Å². The quantitative estimate of drug-likeness (QED) is 0.171. The summed E-state index contributed by atoms with van der Waals surface area (Å²) in [4.78, 5) is 25.5. The third kappa shape index (κ3) is 9.12. The van der Waals surface area contributed by atoms with E-state index in [1.807, 2.05) is 41.5 Å². The molecule has 0 bridgehead atoms. The fourth-order valence-corrected chi connectivity index (χ4v) is 3.97. The maximum absolute atomic E-state index is 14.7. The molecule has 2 rings (SSSR count). The Morgan fingerprint density at radius 3 is 2.20 bits per heavy atom. The summed E-state index contributed by atoms with van der Waals surface area (Å²) in [6, 6.07) is 6.79. The van der Waals surface area contributed by atoms with E-state index in [1.54, 1.807) is 12.1 Å². The van der Waals surface area contributed by atoms with E-state index in [4.69, 9.17) is 16.3 Å². The average Bonchev–Trinajstić information content (AvgIpc) is 2.80. The first-order valence-electron chi connectivity index (χ1n) is 12.3. The molecule has 13 heteroatoms. The lowest BCUT2D eigenvalue weighted by Gasteiger charge is -2.24. The largest absolute Gasteiger partial charge is 0.492 e. The van der Waals surface area contributed by atoms with E-state index in [0.29, 0.717) is 12.1 Å². The molecule has 2 aromatic rings. The van der Waals surface area contributed by atoms with Crippen LogP contribution in [0.2, 0.25) is 0 Å². The number of carbonyl (C=O) groups excluding carboxylic acids is 2. The van der Waals surface area contributed by atoms with Crippen LogP contribution in [0.5, 0.6) is 5.75 Å². The fraction of sp³-hybridized carbons (Fsp3) is 0.407. The third-order valence-corrected chi connectivity index (χ3v) is 6.10. The zero-order valence-electron chi connectivity index (χ0n) is 24.1. The van der Waals surface area contributed by atoms with Gasteiger partial charge in [0.1, 0.15) is 11.5 Å². The van der Waals surface area contributed by atoms with Crippen molar-refractivity contribution in [3.8, 4) is 5.75 Å². The predicted octanol–water partition coefficient (Wildman–Crippen LogP) is 3.40. The molecule has 7 N–H and O–H groups in total. The minimum Gasteiger partial charge on any atom is -0.492 e. The van der Waals surface area contributed by atoms with E-state index >= 15 is 0 Å². The van der Waals surface area contributed by atoms with Gasteiger partial charge in [0.2, 0.25) is 10.0 Å². The first-order valence-corrected chi connectivity index (χ1v) is 14.2. The average molecular weight is 579 g/mol. The standard InChI is InChI=1S/C27H39FN6O5S/c1-26(2,3)15-31-25(36)19(29)14-34(30)22-11-16(9-10-18(22)28)24(35)32-20-12-17(27(4,5)6)13-21(23(20)39-7)33-40(8,37)38/h9-14,33H,15,29-30H2,1-8H3,(H,31,36)(H,32,35)/b19-14-. The molecule has 0 aliphatic rings. The number of anilines is 3. The summed E-state index contributed by atoms with van der Waals surface area (Å²) in [5.41, 5.74) is 5.86. The predicted molar refractivity (Wildman–Crippen MR) is 156 cm³/mol. The van der Waals surface area contributed by atoms with Gasteiger partial charge in [-0.05, 0) is 46.7 Å². The van der Waals surface area contributed by atoms with Gasteiger partial charge in [0.05, 0.1) is 36.6 Å². The van der Waals surface area contributed by atoms with Crippen molar-refractivity contribution in [1.29, 1.82) is 0 Å². The van der Waals surface area contributed by atoms with Crippen LogP contribution >= 0.6 is 0 Å². The topological polar surface area (TPSA) is 169 Å². The van der Waals surface area contributed by atoms with Gasteiger partial charge in [0.15, 0.2) is 5.75 Å². The zero-order chi connectivity index (χ0) is 30.6. The molecule has 0 saturated carbocycles. The summed E-state index contributed by atoms with van der Waals surface area (Å²) in [5, 5.41) is 6.19. The Morgan fingerprint density at radius 1 is 1.07 bits per heavy atom. The van der Waals surface area contributed by atoms with E-state index in [-0.39, 0.29) is 39.5 Å². The number of benzene rings is 2. The first kappa shape index (κ1) is 32.4. The Bertz CT molecular complexity index is 1410. The number of carbonyl (C=O) groups is 2. The van der Waals surface area contributed by atoms with Crippen LogP contribution in [0.4, 0.5) is 21.5 Å². The molecule has 40 heavy (non-hydrogen) atoms. The highest BCUT2D eigenvalue weighted by atomic mass is 32.2. The van der Waals surface area contributed by atoms with Crippen LogP contribution in [0, 0.1) is 11.2 Å². The molecule has 11 nitrogen and oxygen atoms in total. The molecule has 0 radical (unpaired) electrons. The highest BCUT2D eigenvalue weighted by Gasteiger charge is 2.23. The lowest BCUT2D eigenvalue weighted by atomic mass is 9.86. The van der Waals surface area contributed by atoms with Crippen molar-refractivity contribution in [1.82, 2.24) is 5.32 Å². The summed E-state index contributed by atoms with van der Waals surface area (Å²) < 4.78 is 46.5. The Kier molecular flexibility index (Phi) is 9.82. The number of rotatable bonds is 9. The van der Waals surface area contributed by atoms with Gasteiger partial charge in [-0.2, -0.15) is 0 Å². The van der Waals surface area contributed by atoms with Gasteiger partial charge in [-0.15, -0.1) is 0 Å². The van der Waals surface area contributed by atoms with Crippen molar-refractivity contribution in [2.75, 3.05) is 35.0 Å². The van der Waals surface area contributed by atoms with Crippen LogP contribution in [-0.2, 0) is 20.2 Å².